The SMILES string of the molecule is CCC[C@H](O)C(=O)N1CCC(CC)CC1. The molecule has 3 nitrogen and oxygen atoms in total. The number of carbonyl (C=O) groups is 1. The molecule has 1 aliphatic rings. The molecule has 0 saturated carbocycles. The number of hydrogen-bond donors (Lipinski definition) is 1. The number of carbonyl (C=O) groups excluding carboxylic acids is 1. The van der Waals surface area contributed by atoms with Gasteiger partial charge in [-0.3, -0.25) is 4.79 Å². The Morgan fingerprint density at radius 1 is 1.40 bits per heavy atom. The molecule has 1 fully saturated rings. The Morgan fingerprint density at radius 2 is 2.00 bits per heavy atom. The molecule has 1 amide bonds. The van der Waals surface area contributed by atoms with Crippen molar-refractivity contribution < 1.29 is 9.90 Å². The molecule has 0 aliphatic carbocycles. The monoisotopic (exact) mass is 213 g/mol. The van der Waals surface area contributed by atoms with Crippen molar-refractivity contribution in [3.8, 4) is 0 Å². The van der Waals surface area contributed by atoms with Gasteiger partial charge in [-0.15, -0.1) is 0 Å². The summed E-state index contributed by atoms with van der Waals surface area (Å²) in [4.78, 5) is 13.6. The molecule has 88 valence electrons. The van der Waals surface area contributed by atoms with Crippen molar-refractivity contribution in [2.45, 2.75) is 52.1 Å². The maximum atomic E-state index is 11.8. The third-order valence-electron chi connectivity index (χ3n) is 3.35. The van der Waals surface area contributed by atoms with E-state index < -0.39 is 6.10 Å². The fraction of sp³-hybridized carbons (Fsp3) is 0.917. The van der Waals surface area contributed by atoms with Crippen LogP contribution in [0.4, 0.5) is 0 Å². The predicted molar refractivity (Wildman–Crippen MR) is 60.5 cm³/mol. The molecule has 1 rings (SSSR count). The quantitative estimate of drug-likeness (QED) is 0.773. The molecule has 0 aromatic rings. The second-order valence-corrected chi connectivity index (χ2v) is 4.48. The second-order valence-electron chi connectivity index (χ2n) is 4.48. The van der Waals surface area contributed by atoms with Gasteiger partial charge < -0.3 is 10.0 Å². The summed E-state index contributed by atoms with van der Waals surface area (Å²) in [7, 11) is 0. The van der Waals surface area contributed by atoms with Crippen LogP contribution in [0, 0.1) is 5.92 Å². The average Bonchev–Trinajstić information content (AvgIpc) is 2.28. The van der Waals surface area contributed by atoms with E-state index in [2.05, 4.69) is 6.92 Å². The van der Waals surface area contributed by atoms with Crippen LogP contribution >= 0.6 is 0 Å². The molecular weight excluding hydrogens is 190 g/mol. The molecule has 0 unspecified atom stereocenters. The van der Waals surface area contributed by atoms with E-state index >= 15 is 0 Å². The van der Waals surface area contributed by atoms with Crippen LogP contribution < -0.4 is 0 Å². The lowest BCUT2D eigenvalue weighted by atomic mass is 9.94. The van der Waals surface area contributed by atoms with E-state index in [0.29, 0.717) is 6.42 Å². The van der Waals surface area contributed by atoms with Crippen LogP contribution in [0.2, 0.25) is 0 Å². The Hall–Kier alpha value is -0.570. The molecule has 1 saturated heterocycles. The normalized spacial score (nSPS) is 20.3. The minimum absolute atomic E-state index is 0.0635. The molecule has 0 aromatic heterocycles. The summed E-state index contributed by atoms with van der Waals surface area (Å²) in [6.45, 7) is 5.85. The Balaban J connectivity index is 2.35. The highest BCUT2D eigenvalue weighted by Gasteiger charge is 2.25. The summed E-state index contributed by atoms with van der Waals surface area (Å²) >= 11 is 0. The molecule has 1 aliphatic heterocycles. The van der Waals surface area contributed by atoms with Gasteiger partial charge in [0, 0.05) is 13.1 Å². The zero-order valence-corrected chi connectivity index (χ0v) is 9.91. The van der Waals surface area contributed by atoms with Crippen molar-refractivity contribution in [3.05, 3.63) is 0 Å². The van der Waals surface area contributed by atoms with Gasteiger partial charge in [0.25, 0.3) is 5.91 Å². The summed E-state index contributed by atoms with van der Waals surface area (Å²) in [6, 6.07) is 0. The van der Waals surface area contributed by atoms with E-state index in [1.807, 2.05) is 11.8 Å². The molecule has 1 atom stereocenters. The summed E-state index contributed by atoms with van der Waals surface area (Å²) in [6.07, 6.45) is 4.08. The van der Waals surface area contributed by atoms with E-state index in [0.717, 1.165) is 38.3 Å². The van der Waals surface area contributed by atoms with Crippen LogP contribution in [0.15, 0.2) is 0 Å². The van der Waals surface area contributed by atoms with Crippen molar-refractivity contribution in [2.24, 2.45) is 5.92 Å². The molecule has 0 aromatic carbocycles. The molecule has 0 spiro atoms. The Kier molecular flexibility index (Phi) is 5.09. The maximum absolute atomic E-state index is 11.8. The van der Waals surface area contributed by atoms with Crippen LogP contribution in [0.5, 0.6) is 0 Å². The van der Waals surface area contributed by atoms with Gasteiger partial charge in [-0.1, -0.05) is 26.7 Å². The van der Waals surface area contributed by atoms with Gasteiger partial charge >= 0.3 is 0 Å². The third kappa shape index (κ3) is 3.49. The Morgan fingerprint density at radius 3 is 2.47 bits per heavy atom. The molecule has 0 bridgehead atoms. The fourth-order valence-corrected chi connectivity index (χ4v) is 2.17. The smallest absolute Gasteiger partial charge is 0.251 e. The van der Waals surface area contributed by atoms with E-state index in [4.69, 9.17) is 0 Å². The summed E-state index contributed by atoms with van der Waals surface area (Å²) in [5.74, 6) is 0.712. The fourth-order valence-electron chi connectivity index (χ4n) is 2.17. The highest BCUT2D eigenvalue weighted by Crippen LogP contribution is 2.20. The van der Waals surface area contributed by atoms with Gasteiger partial charge in [0.2, 0.25) is 0 Å². The van der Waals surface area contributed by atoms with Gasteiger partial charge in [-0.25, -0.2) is 0 Å². The summed E-state index contributed by atoms with van der Waals surface area (Å²) in [5.41, 5.74) is 0. The number of amides is 1. The Bertz CT molecular complexity index is 198. The summed E-state index contributed by atoms with van der Waals surface area (Å²) in [5, 5.41) is 9.60. The van der Waals surface area contributed by atoms with Crippen molar-refractivity contribution in [1.82, 2.24) is 4.90 Å². The topological polar surface area (TPSA) is 40.5 Å². The predicted octanol–water partition coefficient (Wildman–Crippen LogP) is 1.80. The maximum Gasteiger partial charge on any atom is 0.251 e. The number of piperidine rings is 1. The van der Waals surface area contributed by atoms with Crippen LogP contribution in [-0.4, -0.2) is 35.1 Å². The lowest BCUT2D eigenvalue weighted by Gasteiger charge is -2.32. The lowest BCUT2D eigenvalue weighted by Crippen LogP contribution is -2.43. The summed E-state index contributed by atoms with van der Waals surface area (Å²) < 4.78 is 0. The van der Waals surface area contributed by atoms with Gasteiger partial charge in [0.05, 0.1) is 0 Å². The van der Waals surface area contributed by atoms with E-state index in [9.17, 15) is 9.90 Å². The second kappa shape index (κ2) is 6.11. The lowest BCUT2D eigenvalue weighted by molar-refractivity contribution is -0.142. The number of aliphatic hydroxyl groups is 1. The molecule has 1 heterocycles. The van der Waals surface area contributed by atoms with Crippen LogP contribution in [0.25, 0.3) is 0 Å². The van der Waals surface area contributed by atoms with Gasteiger partial charge in [-0.05, 0) is 25.2 Å². The van der Waals surface area contributed by atoms with Crippen molar-refractivity contribution in [3.63, 3.8) is 0 Å². The highest BCUT2D eigenvalue weighted by molar-refractivity contribution is 5.80. The first-order valence-electron chi connectivity index (χ1n) is 6.15. The molecule has 0 radical (unpaired) electrons. The van der Waals surface area contributed by atoms with Crippen molar-refractivity contribution in [1.29, 1.82) is 0 Å². The number of likely N-dealkylation sites (tertiary alicyclic amines) is 1. The first-order chi connectivity index (χ1) is 7.19. The number of hydrogen-bond acceptors (Lipinski definition) is 2. The van der Waals surface area contributed by atoms with Crippen molar-refractivity contribution >= 4 is 5.91 Å². The molecule has 15 heavy (non-hydrogen) atoms. The number of rotatable bonds is 4. The van der Waals surface area contributed by atoms with Crippen molar-refractivity contribution in [2.75, 3.05) is 13.1 Å². The van der Waals surface area contributed by atoms with Crippen LogP contribution in [-0.2, 0) is 4.79 Å². The minimum Gasteiger partial charge on any atom is -0.383 e. The van der Waals surface area contributed by atoms with Gasteiger partial charge in [0.1, 0.15) is 6.10 Å². The van der Waals surface area contributed by atoms with Crippen LogP contribution in [0.3, 0.4) is 0 Å². The van der Waals surface area contributed by atoms with E-state index in [1.165, 1.54) is 6.42 Å². The highest BCUT2D eigenvalue weighted by atomic mass is 16.3. The van der Waals surface area contributed by atoms with Gasteiger partial charge in [0.15, 0.2) is 0 Å². The zero-order chi connectivity index (χ0) is 11.3. The third-order valence-corrected chi connectivity index (χ3v) is 3.35. The average molecular weight is 213 g/mol. The molecule has 3 heteroatoms. The number of aliphatic hydroxyl groups excluding tert-OH is 1. The largest absolute Gasteiger partial charge is 0.383 e. The zero-order valence-electron chi connectivity index (χ0n) is 9.91. The minimum atomic E-state index is -0.770. The van der Waals surface area contributed by atoms with E-state index in [-0.39, 0.29) is 5.91 Å². The first-order valence-corrected chi connectivity index (χ1v) is 6.15. The number of nitrogens with zero attached hydrogens (tertiary/aromatic N) is 1. The molecular formula is C12H23NO2. The molecule has 1 N–H and O–H groups in total. The Labute approximate surface area is 92.5 Å². The first kappa shape index (κ1) is 12.5. The van der Waals surface area contributed by atoms with Gasteiger partial charge in [-0.2, -0.15) is 0 Å². The van der Waals surface area contributed by atoms with Crippen LogP contribution in [0.1, 0.15) is 46.0 Å². The standard InChI is InChI=1S/C12H23NO2/c1-3-5-11(14)12(15)13-8-6-10(4-2)7-9-13/h10-11,14H,3-9H2,1-2H3/t11-/m0/s1. The van der Waals surface area contributed by atoms with E-state index in [1.54, 1.807) is 0 Å².